The number of aryl methyl sites for hydroxylation is 2. The summed E-state index contributed by atoms with van der Waals surface area (Å²) in [5.41, 5.74) is 2.74. The van der Waals surface area contributed by atoms with Crippen molar-refractivity contribution < 1.29 is 38.4 Å². The number of hydrogen-bond acceptors (Lipinski definition) is 10. The molecule has 2 saturated heterocycles. The molecule has 18 heteroatoms. The third kappa shape index (κ3) is 12.5. The van der Waals surface area contributed by atoms with Gasteiger partial charge >= 0.3 is 11.8 Å². The maximum atomic E-state index is 14.6. The van der Waals surface area contributed by atoms with Crippen LogP contribution in [0.15, 0.2) is 48.5 Å². The summed E-state index contributed by atoms with van der Waals surface area (Å²) in [6.07, 6.45) is 4.89. The number of benzene rings is 2. The van der Waals surface area contributed by atoms with E-state index < -0.39 is 106 Å². The van der Waals surface area contributed by atoms with Crippen molar-refractivity contribution >= 4 is 47.3 Å². The Labute approximate surface area is 412 Å². The van der Waals surface area contributed by atoms with E-state index in [1.165, 1.54) is 9.80 Å². The molecule has 8 amide bonds. The van der Waals surface area contributed by atoms with Crippen LogP contribution in [0.5, 0.6) is 0 Å². The Bertz CT molecular complexity index is 2130. The van der Waals surface area contributed by atoms with Crippen LogP contribution < -0.4 is 42.5 Å². The molecule has 2 aliphatic heterocycles. The van der Waals surface area contributed by atoms with Crippen molar-refractivity contribution in [2.75, 3.05) is 27.2 Å². The number of nitrogens with one attached hydrogen (secondary N) is 8. The van der Waals surface area contributed by atoms with E-state index >= 15 is 0 Å². The van der Waals surface area contributed by atoms with Crippen molar-refractivity contribution in [3.8, 4) is 0 Å². The topological polar surface area (TPSA) is 239 Å². The molecule has 0 spiro atoms. The van der Waals surface area contributed by atoms with Gasteiger partial charge in [-0.05, 0) is 112 Å². The van der Waals surface area contributed by atoms with Crippen LogP contribution in [0.3, 0.4) is 0 Å². The molecule has 2 aromatic rings. The molecule has 4 aliphatic rings. The van der Waals surface area contributed by atoms with Crippen LogP contribution in [-0.2, 0) is 51.2 Å². The molecule has 0 bridgehead atoms. The van der Waals surface area contributed by atoms with E-state index in [0.29, 0.717) is 12.8 Å². The molecular weight excluding hydrogens is 893 g/mol. The van der Waals surface area contributed by atoms with Gasteiger partial charge in [-0.1, -0.05) is 90.1 Å². The summed E-state index contributed by atoms with van der Waals surface area (Å²) in [7, 11) is 3.27. The number of nitrogens with zero attached hydrogens (tertiary/aromatic N) is 2. The van der Waals surface area contributed by atoms with Crippen LogP contribution in [0.1, 0.15) is 128 Å². The molecule has 0 aromatic heterocycles. The van der Waals surface area contributed by atoms with E-state index in [1.54, 1.807) is 27.9 Å². The number of carbonyl (C=O) groups excluding carboxylic acids is 8. The van der Waals surface area contributed by atoms with Gasteiger partial charge in [-0.2, -0.15) is 0 Å². The SMILES string of the molecule is CN[C@@H](C)C(=O)N[C@H](C(=O)N1C[C@@H](NC(=O)C(=O)N[C@H]2C[C@@H](C(=O)N[C@@H]3CCCc4ccccc43)N(C(=O)[C@@H](NC(=O)[C@H](C)NC)C(C)(C)C)C2)C[C@H]1C(=O)N[C@@H]1CCCc2ccccc21)C(C)(C)C. The van der Waals surface area contributed by atoms with Gasteiger partial charge in [-0.15, -0.1) is 0 Å². The lowest BCUT2D eigenvalue weighted by Gasteiger charge is -2.36. The first-order valence-electron chi connectivity index (χ1n) is 25.0. The molecule has 0 radical (unpaired) electrons. The van der Waals surface area contributed by atoms with Crippen LogP contribution in [0.4, 0.5) is 0 Å². The van der Waals surface area contributed by atoms with Crippen molar-refractivity contribution in [1.29, 1.82) is 0 Å². The standard InChI is InChI=1S/C52H76N10O8/c1-29(53-9)43(63)59-41(51(3,4)5)49(69)61-27-33(25-39(61)45(65)57-37-23-15-19-31-17-11-13-21-35(31)37)55-47(67)48(68)56-34-26-40(46(66)58-38-24-16-20-32-18-12-14-22-36(32)38)62(28-34)50(70)42(52(6,7)8)60-44(64)30(2)54-10/h11-14,17-18,21-22,29-30,33-34,37-42,53-54H,15-16,19-20,23-28H2,1-10H3,(H,55,67)(H,56,68)(H,57,65)(H,58,66)(H,59,63)(H,60,64)/t29-,30-,33-,34-,37+,38+,39-,40-,41+,42+/m0/s1. The molecular formula is C52H76N10O8. The van der Waals surface area contributed by atoms with Gasteiger partial charge in [0.05, 0.1) is 24.2 Å². The van der Waals surface area contributed by atoms with Gasteiger partial charge in [0.15, 0.2) is 0 Å². The van der Waals surface area contributed by atoms with Crippen LogP contribution in [0.25, 0.3) is 0 Å². The summed E-state index contributed by atoms with van der Waals surface area (Å²) in [5, 5.41) is 23.4. The lowest BCUT2D eigenvalue weighted by molar-refractivity contribution is -0.144. The number of rotatable bonds is 14. The first-order chi connectivity index (χ1) is 33.0. The van der Waals surface area contributed by atoms with Gasteiger partial charge in [-0.3, -0.25) is 38.4 Å². The second kappa shape index (κ2) is 22.5. The van der Waals surface area contributed by atoms with E-state index in [4.69, 9.17) is 0 Å². The minimum Gasteiger partial charge on any atom is -0.347 e. The summed E-state index contributed by atoms with van der Waals surface area (Å²) >= 11 is 0. The third-order valence-corrected chi connectivity index (χ3v) is 14.5. The third-order valence-electron chi connectivity index (χ3n) is 14.5. The fourth-order valence-corrected chi connectivity index (χ4v) is 10.1. The summed E-state index contributed by atoms with van der Waals surface area (Å²) < 4.78 is 0. The first-order valence-corrected chi connectivity index (χ1v) is 25.0. The van der Waals surface area contributed by atoms with Gasteiger partial charge in [0.25, 0.3) is 0 Å². The smallest absolute Gasteiger partial charge is 0.309 e. The van der Waals surface area contributed by atoms with Crippen molar-refractivity contribution in [2.24, 2.45) is 10.8 Å². The number of fused-ring (bicyclic) bond motifs is 2. The monoisotopic (exact) mass is 969 g/mol. The van der Waals surface area contributed by atoms with E-state index in [0.717, 1.165) is 47.9 Å². The minimum atomic E-state index is -1.05. The van der Waals surface area contributed by atoms with Gasteiger partial charge in [0.1, 0.15) is 24.2 Å². The van der Waals surface area contributed by atoms with Crippen molar-refractivity contribution in [3.63, 3.8) is 0 Å². The largest absolute Gasteiger partial charge is 0.347 e. The number of likely N-dealkylation sites (N-methyl/N-ethyl adjacent to an activating group) is 2. The summed E-state index contributed by atoms with van der Waals surface area (Å²) in [6.45, 7) is 14.0. The highest BCUT2D eigenvalue weighted by Crippen LogP contribution is 2.33. The maximum absolute atomic E-state index is 14.6. The molecule has 0 unspecified atom stereocenters. The molecule has 8 N–H and O–H groups in total. The average molecular weight is 969 g/mol. The van der Waals surface area contributed by atoms with Crippen LogP contribution in [0, 0.1) is 10.8 Å². The Morgan fingerprint density at radius 2 is 0.900 bits per heavy atom. The molecule has 2 fully saturated rings. The Hall–Kier alpha value is -5.88. The number of amides is 8. The van der Waals surface area contributed by atoms with Crippen LogP contribution in [-0.4, -0.2) is 133 Å². The molecule has 2 aromatic carbocycles. The minimum absolute atomic E-state index is 0.00693. The average Bonchev–Trinajstić information content (AvgIpc) is 3.95. The quantitative estimate of drug-likeness (QED) is 0.128. The molecule has 10 atom stereocenters. The van der Waals surface area contributed by atoms with Gasteiger partial charge in [0, 0.05) is 25.2 Å². The van der Waals surface area contributed by atoms with E-state index in [-0.39, 0.29) is 38.0 Å². The zero-order chi connectivity index (χ0) is 51.2. The lowest BCUT2D eigenvalue weighted by atomic mass is 9.85. The molecule has 18 nitrogen and oxygen atoms in total. The fraction of sp³-hybridized carbons (Fsp3) is 0.615. The Kier molecular flexibility index (Phi) is 17.2. The van der Waals surface area contributed by atoms with E-state index in [2.05, 4.69) is 42.5 Å². The Morgan fingerprint density at radius 3 is 1.24 bits per heavy atom. The highest BCUT2D eigenvalue weighted by molar-refractivity contribution is 6.35. The van der Waals surface area contributed by atoms with E-state index in [1.807, 2.05) is 90.1 Å². The normalized spacial score (nSPS) is 23.9. The van der Waals surface area contributed by atoms with Gasteiger partial charge in [-0.25, -0.2) is 0 Å². The number of carbonyl (C=O) groups is 8. The second-order valence-corrected chi connectivity index (χ2v) is 21.8. The van der Waals surface area contributed by atoms with Crippen molar-refractivity contribution in [2.45, 2.75) is 167 Å². The maximum Gasteiger partial charge on any atom is 0.309 e. The predicted molar refractivity (Wildman–Crippen MR) is 264 cm³/mol. The van der Waals surface area contributed by atoms with Crippen LogP contribution >= 0.6 is 0 Å². The molecule has 2 aliphatic carbocycles. The van der Waals surface area contributed by atoms with E-state index in [9.17, 15) is 38.4 Å². The van der Waals surface area contributed by atoms with Gasteiger partial charge in [0.2, 0.25) is 35.4 Å². The predicted octanol–water partition coefficient (Wildman–Crippen LogP) is 1.82. The zero-order valence-electron chi connectivity index (χ0n) is 42.6. The fourth-order valence-electron chi connectivity index (χ4n) is 10.1. The summed E-state index contributed by atoms with van der Waals surface area (Å²) in [4.78, 5) is 115. The molecule has 2 heterocycles. The Balaban J connectivity index is 1.21. The van der Waals surface area contributed by atoms with Gasteiger partial charge < -0.3 is 52.3 Å². The molecule has 0 saturated carbocycles. The highest BCUT2D eigenvalue weighted by atomic mass is 16.2. The highest BCUT2D eigenvalue weighted by Gasteiger charge is 2.48. The molecule has 382 valence electrons. The molecule has 70 heavy (non-hydrogen) atoms. The zero-order valence-corrected chi connectivity index (χ0v) is 42.6. The molecule has 6 rings (SSSR count). The Morgan fingerprint density at radius 1 is 0.543 bits per heavy atom. The van der Waals surface area contributed by atoms with Crippen LogP contribution in [0.2, 0.25) is 0 Å². The summed E-state index contributed by atoms with van der Waals surface area (Å²) in [5.74, 6) is -4.68. The number of hydrogen-bond donors (Lipinski definition) is 8. The summed E-state index contributed by atoms with van der Waals surface area (Å²) in [6, 6.07) is 8.20. The lowest BCUT2D eigenvalue weighted by Crippen LogP contribution is -2.60. The number of likely N-dealkylation sites (tertiary alicyclic amines) is 2. The van der Waals surface area contributed by atoms with Crippen molar-refractivity contribution in [3.05, 3.63) is 70.8 Å². The first kappa shape index (κ1) is 53.5. The second-order valence-electron chi connectivity index (χ2n) is 21.8. The van der Waals surface area contributed by atoms with Crippen molar-refractivity contribution in [1.82, 2.24) is 52.3 Å².